The summed E-state index contributed by atoms with van der Waals surface area (Å²) in [6.45, 7) is 6.61. The number of hydrogen-bond acceptors (Lipinski definition) is 5. The third-order valence-electron chi connectivity index (χ3n) is 3.75. The maximum Gasteiger partial charge on any atom is 0.339 e. The molecule has 1 saturated heterocycles. The lowest BCUT2D eigenvalue weighted by Gasteiger charge is -2.35. The highest BCUT2D eigenvalue weighted by molar-refractivity contribution is 5.90. The lowest BCUT2D eigenvalue weighted by Crippen LogP contribution is -2.46. The van der Waals surface area contributed by atoms with Crippen molar-refractivity contribution in [3.63, 3.8) is 0 Å². The quantitative estimate of drug-likeness (QED) is 0.617. The fourth-order valence-electron chi connectivity index (χ4n) is 2.47. The molecule has 0 aromatic carbocycles. The van der Waals surface area contributed by atoms with Crippen molar-refractivity contribution in [2.24, 2.45) is 0 Å². The van der Waals surface area contributed by atoms with Crippen LogP contribution in [0, 0.1) is 19.3 Å². The Morgan fingerprint density at radius 3 is 2.67 bits per heavy atom. The van der Waals surface area contributed by atoms with Gasteiger partial charge in [-0.25, -0.2) is 9.78 Å². The van der Waals surface area contributed by atoms with Crippen molar-refractivity contribution >= 4 is 11.8 Å². The van der Waals surface area contributed by atoms with Gasteiger partial charge in [0.05, 0.1) is 18.4 Å². The monoisotopic (exact) mass is 287 g/mol. The number of aromatic nitrogens is 1. The van der Waals surface area contributed by atoms with Crippen LogP contribution in [0.5, 0.6) is 0 Å². The number of carbonyl (C=O) groups is 1. The summed E-state index contributed by atoms with van der Waals surface area (Å²) in [6, 6.07) is 3.67. The first-order chi connectivity index (χ1) is 10.2. The molecule has 2 rings (SSSR count). The second kappa shape index (κ2) is 7.09. The Morgan fingerprint density at radius 1 is 1.38 bits per heavy atom. The SMILES string of the molecule is C#CCCN1CCN(c2ccc(C(=O)OC)c(C)n2)CC1. The minimum absolute atomic E-state index is 0.342. The van der Waals surface area contributed by atoms with Crippen LogP contribution in [0.25, 0.3) is 0 Å². The van der Waals surface area contributed by atoms with Crippen molar-refractivity contribution in [2.45, 2.75) is 13.3 Å². The van der Waals surface area contributed by atoms with Gasteiger partial charge in [-0.3, -0.25) is 4.90 Å². The van der Waals surface area contributed by atoms with E-state index in [1.54, 1.807) is 6.07 Å². The van der Waals surface area contributed by atoms with Gasteiger partial charge in [-0.05, 0) is 19.1 Å². The van der Waals surface area contributed by atoms with Crippen LogP contribution in [0.2, 0.25) is 0 Å². The van der Waals surface area contributed by atoms with E-state index in [2.05, 4.69) is 20.7 Å². The van der Waals surface area contributed by atoms with Crippen LogP contribution >= 0.6 is 0 Å². The first-order valence-electron chi connectivity index (χ1n) is 7.12. The summed E-state index contributed by atoms with van der Waals surface area (Å²) in [7, 11) is 1.38. The number of methoxy groups -OCH3 is 1. The number of anilines is 1. The highest BCUT2D eigenvalue weighted by atomic mass is 16.5. The summed E-state index contributed by atoms with van der Waals surface area (Å²) in [4.78, 5) is 20.7. The van der Waals surface area contributed by atoms with Crippen molar-refractivity contribution in [1.29, 1.82) is 0 Å². The number of esters is 1. The third-order valence-corrected chi connectivity index (χ3v) is 3.75. The summed E-state index contributed by atoms with van der Waals surface area (Å²) in [5.74, 6) is 3.25. The predicted molar refractivity (Wildman–Crippen MR) is 82.4 cm³/mol. The summed E-state index contributed by atoms with van der Waals surface area (Å²) in [6.07, 6.45) is 6.09. The molecule has 1 aromatic rings. The van der Waals surface area contributed by atoms with Gasteiger partial charge in [0.25, 0.3) is 0 Å². The molecule has 0 saturated carbocycles. The number of rotatable bonds is 4. The number of ether oxygens (including phenoxy) is 1. The Labute approximate surface area is 125 Å². The number of hydrogen-bond donors (Lipinski definition) is 0. The molecule has 1 fully saturated rings. The normalized spacial score (nSPS) is 15.6. The molecule has 0 aliphatic carbocycles. The summed E-state index contributed by atoms with van der Waals surface area (Å²) in [5.41, 5.74) is 1.23. The van der Waals surface area contributed by atoms with E-state index in [1.807, 2.05) is 13.0 Å². The van der Waals surface area contributed by atoms with E-state index in [0.717, 1.165) is 45.0 Å². The van der Waals surface area contributed by atoms with Crippen molar-refractivity contribution in [2.75, 3.05) is 44.7 Å². The molecule has 0 unspecified atom stereocenters. The Balaban J connectivity index is 1.99. The van der Waals surface area contributed by atoms with Crippen LogP contribution in [0.15, 0.2) is 12.1 Å². The molecular weight excluding hydrogens is 266 g/mol. The number of carbonyl (C=O) groups excluding carboxylic acids is 1. The number of nitrogens with zero attached hydrogens (tertiary/aromatic N) is 3. The van der Waals surface area contributed by atoms with Gasteiger partial charge in [0.15, 0.2) is 0 Å². The Kier molecular flexibility index (Phi) is 5.18. The predicted octanol–water partition coefficient (Wildman–Crippen LogP) is 1.32. The highest BCUT2D eigenvalue weighted by Gasteiger charge is 2.19. The van der Waals surface area contributed by atoms with Crippen molar-refractivity contribution < 1.29 is 9.53 Å². The average molecular weight is 287 g/mol. The van der Waals surface area contributed by atoms with Crippen molar-refractivity contribution in [3.8, 4) is 12.3 Å². The van der Waals surface area contributed by atoms with Crippen LogP contribution in [-0.4, -0.2) is 55.7 Å². The molecule has 21 heavy (non-hydrogen) atoms. The van der Waals surface area contributed by atoms with E-state index in [4.69, 9.17) is 11.2 Å². The maximum absolute atomic E-state index is 11.6. The molecule has 1 aliphatic heterocycles. The minimum Gasteiger partial charge on any atom is -0.465 e. The van der Waals surface area contributed by atoms with Crippen LogP contribution < -0.4 is 4.90 Å². The second-order valence-electron chi connectivity index (χ2n) is 5.08. The number of piperazine rings is 1. The zero-order valence-electron chi connectivity index (χ0n) is 12.6. The number of terminal acetylenes is 1. The summed E-state index contributed by atoms with van der Waals surface area (Å²) < 4.78 is 4.74. The first-order valence-corrected chi connectivity index (χ1v) is 7.12. The molecule has 5 nitrogen and oxygen atoms in total. The van der Waals surface area contributed by atoms with Gasteiger partial charge in [0.1, 0.15) is 5.82 Å². The van der Waals surface area contributed by atoms with Crippen LogP contribution in [0.3, 0.4) is 0 Å². The molecule has 112 valence electrons. The van der Waals surface area contributed by atoms with Crippen LogP contribution in [-0.2, 0) is 4.74 Å². The Morgan fingerprint density at radius 2 is 2.10 bits per heavy atom. The summed E-state index contributed by atoms with van der Waals surface area (Å²) >= 11 is 0. The highest BCUT2D eigenvalue weighted by Crippen LogP contribution is 2.17. The van der Waals surface area contributed by atoms with Crippen LogP contribution in [0.4, 0.5) is 5.82 Å². The van der Waals surface area contributed by atoms with Crippen LogP contribution in [0.1, 0.15) is 22.5 Å². The molecule has 0 spiro atoms. The van der Waals surface area contributed by atoms with E-state index in [1.165, 1.54) is 7.11 Å². The van der Waals surface area contributed by atoms with Gasteiger partial charge < -0.3 is 9.64 Å². The van der Waals surface area contributed by atoms with Gasteiger partial charge in [-0.1, -0.05) is 0 Å². The largest absolute Gasteiger partial charge is 0.465 e. The van der Waals surface area contributed by atoms with E-state index in [-0.39, 0.29) is 5.97 Å². The molecule has 5 heteroatoms. The Bertz CT molecular complexity index is 543. The van der Waals surface area contributed by atoms with Gasteiger partial charge in [0, 0.05) is 39.1 Å². The third kappa shape index (κ3) is 3.73. The second-order valence-corrected chi connectivity index (χ2v) is 5.08. The topological polar surface area (TPSA) is 45.7 Å². The number of pyridine rings is 1. The Hall–Kier alpha value is -2.06. The van der Waals surface area contributed by atoms with Gasteiger partial charge in [0.2, 0.25) is 0 Å². The molecule has 0 amide bonds. The minimum atomic E-state index is -0.342. The van der Waals surface area contributed by atoms with Crippen molar-refractivity contribution in [3.05, 3.63) is 23.4 Å². The molecule has 0 bridgehead atoms. The van der Waals surface area contributed by atoms with Gasteiger partial charge in [-0.2, -0.15) is 0 Å². The standard InChI is InChI=1S/C16H21N3O2/c1-4-5-8-18-9-11-19(12-10-18)15-7-6-14(13(2)17-15)16(20)21-3/h1,6-7H,5,8-12H2,2-3H3. The lowest BCUT2D eigenvalue weighted by molar-refractivity contribution is 0.0599. The molecule has 1 aromatic heterocycles. The van der Waals surface area contributed by atoms with Crippen molar-refractivity contribution in [1.82, 2.24) is 9.88 Å². The van der Waals surface area contributed by atoms with Gasteiger partial charge in [-0.15, -0.1) is 12.3 Å². The number of aryl methyl sites for hydroxylation is 1. The molecule has 0 N–H and O–H groups in total. The molecule has 1 aliphatic rings. The molecule has 0 radical (unpaired) electrons. The smallest absolute Gasteiger partial charge is 0.339 e. The van der Waals surface area contributed by atoms with E-state index in [0.29, 0.717) is 11.3 Å². The maximum atomic E-state index is 11.6. The fourth-order valence-corrected chi connectivity index (χ4v) is 2.47. The van der Waals surface area contributed by atoms with E-state index >= 15 is 0 Å². The van der Waals surface area contributed by atoms with E-state index < -0.39 is 0 Å². The summed E-state index contributed by atoms with van der Waals surface area (Å²) in [5, 5.41) is 0. The van der Waals surface area contributed by atoms with E-state index in [9.17, 15) is 4.79 Å². The zero-order valence-corrected chi connectivity index (χ0v) is 12.6. The average Bonchev–Trinajstić information content (AvgIpc) is 2.52. The lowest BCUT2D eigenvalue weighted by atomic mass is 10.2. The van der Waals surface area contributed by atoms with Gasteiger partial charge >= 0.3 is 5.97 Å². The molecular formula is C16H21N3O2. The molecule has 0 atom stereocenters. The fraction of sp³-hybridized carbons (Fsp3) is 0.500. The molecule has 2 heterocycles. The zero-order chi connectivity index (χ0) is 15.2. The first kappa shape index (κ1) is 15.3.